The number of nitrogens with one attached hydrogen (secondary N) is 1. The number of rotatable bonds is 4. The van der Waals surface area contributed by atoms with E-state index in [-0.39, 0.29) is 11.6 Å². The van der Waals surface area contributed by atoms with Crippen molar-refractivity contribution in [3.8, 4) is 0 Å². The first-order valence-corrected chi connectivity index (χ1v) is 3.91. The summed E-state index contributed by atoms with van der Waals surface area (Å²) >= 11 is 0. The summed E-state index contributed by atoms with van der Waals surface area (Å²) in [5.74, 6) is 0. The van der Waals surface area contributed by atoms with Gasteiger partial charge in [-0.15, -0.1) is 0 Å². The van der Waals surface area contributed by atoms with E-state index in [1.807, 2.05) is 13.8 Å². The molecular formula is C8H17N3. The zero-order valence-corrected chi connectivity index (χ0v) is 7.52. The van der Waals surface area contributed by atoms with E-state index < -0.39 is 0 Å². The predicted octanol–water partition coefficient (Wildman–Crippen LogP) is 1.65. The van der Waals surface area contributed by atoms with Crippen molar-refractivity contribution in [1.29, 1.82) is 5.41 Å². The fraction of sp³-hybridized carbons (Fsp3) is 0.875. The molecule has 0 saturated heterocycles. The highest BCUT2D eigenvalue weighted by atomic mass is 14.8. The fourth-order valence-corrected chi connectivity index (χ4v) is 0.983. The Morgan fingerprint density at radius 2 is 2.18 bits per heavy atom. The Labute approximate surface area is 68.2 Å². The molecule has 0 aliphatic rings. The average molecular weight is 155 g/mol. The number of aliphatic imine (C=N–C) groups is 1. The number of hydrogen-bond donors (Lipinski definition) is 2. The lowest BCUT2D eigenvalue weighted by atomic mass is 9.95. The van der Waals surface area contributed by atoms with Crippen molar-refractivity contribution in [3.05, 3.63) is 0 Å². The maximum absolute atomic E-state index is 6.70. The monoisotopic (exact) mass is 155 g/mol. The molecule has 3 N–H and O–H groups in total. The second-order valence-electron chi connectivity index (χ2n) is 3.41. The van der Waals surface area contributed by atoms with E-state index in [1.165, 1.54) is 0 Å². The lowest BCUT2D eigenvalue weighted by molar-refractivity contribution is 0.420. The molecule has 3 nitrogen and oxygen atoms in total. The smallest absolute Gasteiger partial charge is 0.0867 e. The number of nitrogens with zero attached hydrogens (tertiary/aromatic N) is 1. The standard InChI is InChI=1S/C8H17N3/c1-4-7(10)5-8(2,3)11-6-9/h7,9H,4-5,10H2,1-3H3. The van der Waals surface area contributed by atoms with E-state index in [2.05, 4.69) is 17.9 Å². The van der Waals surface area contributed by atoms with Crippen LogP contribution >= 0.6 is 0 Å². The highest BCUT2D eigenvalue weighted by molar-refractivity contribution is 5.37. The largest absolute Gasteiger partial charge is 0.328 e. The molecule has 0 aromatic carbocycles. The summed E-state index contributed by atoms with van der Waals surface area (Å²) in [6.45, 7) is 5.98. The molecule has 0 aliphatic heterocycles. The van der Waals surface area contributed by atoms with Gasteiger partial charge >= 0.3 is 0 Å². The quantitative estimate of drug-likeness (QED) is 0.596. The molecule has 64 valence electrons. The van der Waals surface area contributed by atoms with Crippen molar-refractivity contribution < 1.29 is 0 Å². The lowest BCUT2D eigenvalue weighted by Crippen LogP contribution is -2.30. The van der Waals surface area contributed by atoms with Crippen molar-refractivity contribution >= 4 is 6.01 Å². The lowest BCUT2D eigenvalue weighted by Gasteiger charge is -2.21. The third-order valence-corrected chi connectivity index (χ3v) is 1.64. The van der Waals surface area contributed by atoms with E-state index in [1.54, 1.807) is 0 Å². The van der Waals surface area contributed by atoms with Crippen LogP contribution in [0.15, 0.2) is 4.99 Å². The Balaban J connectivity index is 4.00. The molecule has 1 unspecified atom stereocenters. The summed E-state index contributed by atoms with van der Waals surface area (Å²) in [4.78, 5) is 3.88. The summed E-state index contributed by atoms with van der Waals surface area (Å²) in [6.07, 6.45) is 1.77. The van der Waals surface area contributed by atoms with E-state index in [0.29, 0.717) is 0 Å². The zero-order valence-electron chi connectivity index (χ0n) is 7.52. The predicted molar refractivity (Wildman–Crippen MR) is 47.1 cm³/mol. The average Bonchev–Trinajstić information content (AvgIpc) is 1.86. The third kappa shape index (κ3) is 4.71. The van der Waals surface area contributed by atoms with Crippen molar-refractivity contribution in [2.24, 2.45) is 10.7 Å². The van der Waals surface area contributed by atoms with E-state index in [4.69, 9.17) is 11.1 Å². The molecule has 0 aliphatic carbocycles. The first-order valence-electron chi connectivity index (χ1n) is 3.91. The van der Waals surface area contributed by atoms with E-state index in [9.17, 15) is 0 Å². The summed E-state index contributed by atoms with van der Waals surface area (Å²) in [5, 5.41) is 6.70. The highest BCUT2D eigenvalue weighted by Crippen LogP contribution is 2.15. The van der Waals surface area contributed by atoms with E-state index >= 15 is 0 Å². The van der Waals surface area contributed by atoms with Crippen LogP contribution in [-0.4, -0.2) is 17.6 Å². The van der Waals surface area contributed by atoms with Crippen LogP contribution in [0.5, 0.6) is 0 Å². The SMILES string of the molecule is CCC(N)CC(C)(C)N=C=N. The van der Waals surface area contributed by atoms with Gasteiger partial charge in [0.2, 0.25) is 0 Å². The van der Waals surface area contributed by atoms with Gasteiger partial charge in [-0.3, -0.25) is 0 Å². The summed E-state index contributed by atoms with van der Waals surface area (Å²) in [7, 11) is 0. The molecule has 0 aromatic rings. The van der Waals surface area contributed by atoms with Crippen LogP contribution in [-0.2, 0) is 0 Å². The molecule has 0 fully saturated rings. The van der Waals surface area contributed by atoms with Crippen LogP contribution in [0.1, 0.15) is 33.6 Å². The summed E-state index contributed by atoms with van der Waals surface area (Å²) < 4.78 is 0. The first kappa shape index (κ1) is 10.3. The van der Waals surface area contributed by atoms with Crippen LogP contribution in [0.4, 0.5) is 0 Å². The molecule has 0 saturated carbocycles. The van der Waals surface area contributed by atoms with Crippen LogP contribution in [0.3, 0.4) is 0 Å². The summed E-state index contributed by atoms with van der Waals surface area (Å²) in [6, 6.07) is 2.24. The topological polar surface area (TPSA) is 62.2 Å². The molecule has 0 aromatic heterocycles. The van der Waals surface area contributed by atoms with Crippen molar-refractivity contribution in [1.82, 2.24) is 0 Å². The van der Waals surface area contributed by atoms with Crippen LogP contribution in [0.2, 0.25) is 0 Å². The first-order chi connectivity index (χ1) is 5.02. The molecule has 0 rings (SSSR count). The molecule has 0 radical (unpaired) electrons. The van der Waals surface area contributed by atoms with Crippen molar-refractivity contribution in [3.63, 3.8) is 0 Å². The van der Waals surface area contributed by atoms with Gasteiger partial charge in [-0.1, -0.05) is 6.92 Å². The minimum atomic E-state index is -0.225. The van der Waals surface area contributed by atoms with Gasteiger partial charge in [-0.2, -0.15) is 0 Å². The number of nitrogens with two attached hydrogens (primary N) is 1. The Kier molecular flexibility index (Phi) is 4.01. The Bertz CT molecular complexity index is 157. The van der Waals surface area contributed by atoms with Gasteiger partial charge in [0, 0.05) is 6.04 Å². The van der Waals surface area contributed by atoms with Gasteiger partial charge in [-0.25, -0.2) is 10.4 Å². The fourth-order valence-electron chi connectivity index (χ4n) is 0.983. The maximum atomic E-state index is 6.70. The highest BCUT2D eigenvalue weighted by Gasteiger charge is 2.18. The molecule has 11 heavy (non-hydrogen) atoms. The molecule has 1 atom stereocenters. The van der Waals surface area contributed by atoms with Gasteiger partial charge in [0.25, 0.3) is 0 Å². The van der Waals surface area contributed by atoms with Crippen LogP contribution in [0.25, 0.3) is 0 Å². The maximum Gasteiger partial charge on any atom is 0.0867 e. The molecule has 0 heterocycles. The summed E-state index contributed by atoms with van der Waals surface area (Å²) in [5.41, 5.74) is 5.52. The van der Waals surface area contributed by atoms with Gasteiger partial charge in [0.1, 0.15) is 0 Å². The van der Waals surface area contributed by atoms with Gasteiger partial charge in [-0.05, 0) is 26.7 Å². The van der Waals surface area contributed by atoms with Crippen molar-refractivity contribution in [2.75, 3.05) is 0 Å². The Morgan fingerprint density at radius 3 is 2.55 bits per heavy atom. The van der Waals surface area contributed by atoms with Gasteiger partial charge in [0.15, 0.2) is 0 Å². The molecule has 0 amide bonds. The van der Waals surface area contributed by atoms with Crippen LogP contribution in [0, 0.1) is 5.41 Å². The normalized spacial score (nSPS) is 13.8. The minimum Gasteiger partial charge on any atom is -0.328 e. The van der Waals surface area contributed by atoms with Crippen LogP contribution < -0.4 is 5.73 Å². The molecular weight excluding hydrogens is 138 g/mol. The van der Waals surface area contributed by atoms with Gasteiger partial charge in [0.05, 0.1) is 11.5 Å². The van der Waals surface area contributed by atoms with Crippen molar-refractivity contribution in [2.45, 2.75) is 45.2 Å². The Morgan fingerprint density at radius 1 is 1.64 bits per heavy atom. The second-order valence-corrected chi connectivity index (χ2v) is 3.41. The minimum absolute atomic E-state index is 0.182. The molecule has 3 heteroatoms. The van der Waals surface area contributed by atoms with Gasteiger partial charge < -0.3 is 5.73 Å². The van der Waals surface area contributed by atoms with E-state index in [0.717, 1.165) is 12.8 Å². The Hall–Kier alpha value is -0.660. The number of hydrogen-bond acceptors (Lipinski definition) is 3. The third-order valence-electron chi connectivity index (χ3n) is 1.64. The molecule has 0 spiro atoms. The molecule has 0 bridgehead atoms. The second kappa shape index (κ2) is 4.27. The zero-order chi connectivity index (χ0) is 8.91.